The summed E-state index contributed by atoms with van der Waals surface area (Å²) in [5.41, 5.74) is 2.52. The molecule has 0 amide bonds. The van der Waals surface area contributed by atoms with Crippen molar-refractivity contribution in [2.75, 3.05) is 7.11 Å². The van der Waals surface area contributed by atoms with Gasteiger partial charge in [0.25, 0.3) is 0 Å². The Hall–Kier alpha value is -2.38. The maximum absolute atomic E-state index is 12.6. The number of hydrogen-bond acceptors (Lipinski definition) is 4. The molecular formula is C16H17N3O3S. The van der Waals surface area contributed by atoms with Crippen LogP contribution in [0.5, 0.6) is 5.75 Å². The van der Waals surface area contributed by atoms with E-state index in [1.807, 2.05) is 37.4 Å². The Morgan fingerprint density at radius 1 is 1.26 bits per heavy atom. The predicted molar refractivity (Wildman–Crippen MR) is 86.9 cm³/mol. The quantitative estimate of drug-likeness (QED) is 0.777. The summed E-state index contributed by atoms with van der Waals surface area (Å²) in [4.78, 5) is 0.136. The second-order valence-corrected chi connectivity index (χ2v) is 6.91. The molecule has 0 spiro atoms. The van der Waals surface area contributed by atoms with Crippen molar-refractivity contribution in [3.05, 3.63) is 59.9 Å². The molecule has 0 aliphatic carbocycles. The second kappa shape index (κ2) is 6.02. The third-order valence-electron chi connectivity index (χ3n) is 3.57. The van der Waals surface area contributed by atoms with Crippen molar-refractivity contribution in [1.29, 1.82) is 0 Å². The first-order valence-electron chi connectivity index (χ1n) is 7.07. The van der Waals surface area contributed by atoms with Crippen molar-refractivity contribution in [3.63, 3.8) is 0 Å². The maximum Gasteiger partial charge on any atom is 0.244 e. The number of aromatic nitrogens is 2. The van der Waals surface area contributed by atoms with Gasteiger partial charge >= 0.3 is 0 Å². The predicted octanol–water partition coefficient (Wildman–Crippen LogP) is 2.13. The molecule has 0 radical (unpaired) electrons. The largest absolute Gasteiger partial charge is 0.495 e. The molecule has 6 nitrogen and oxygen atoms in total. The van der Waals surface area contributed by atoms with E-state index in [0.717, 1.165) is 16.6 Å². The number of hydrogen-bond donors (Lipinski definition) is 1. The number of pyridine rings is 1. The van der Waals surface area contributed by atoms with Gasteiger partial charge in [-0.05, 0) is 36.8 Å². The summed E-state index contributed by atoms with van der Waals surface area (Å²) in [5, 5.41) is 4.20. The molecule has 3 aromatic rings. The number of ether oxygens (including phenoxy) is 1. The lowest BCUT2D eigenvalue weighted by Gasteiger charge is -2.11. The summed E-state index contributed by atoms with van der Waals surface area (Å²) < 4.78 is 34.6. The highest BCUT2D eigenvalue weighted by molar-refractivity contribution is 7.89. The minimum Gasteiger partial charge on any atom is -0.495 e. The van der Waals surface area contributed by atoms with Crippen LogP contribution in [-0.4, -0.2) is 25.1 Å². The summed E-state index contributed by atoms with van der Waals surface area (Å²) in [6, 6.07) is 10.7. The van der Waals surface area contributed by atoms with Crippen LogP contribution in [0.15, 0.2) is 53.7 Å². The lowest BCUT2D eigenvalue weighted by Crippen LogP contribution is -2.23. The summed E-state index contributed by atoms with van der Waals surface area (Å²) in [6.07, 6.45) is 3.47. The minimum atomic E-state index is -3.68. The van der Waals surface area contributed by atoms with E-state index in [1.165, 1.54) is 7.11 Å². The van der Waals surface area contributed by atoms with Gasteiger partial charge < -0.3 is 4.74 Å². The molecule has 0 saturated carbocycles. The number of fused-ring (bicyclic) bond motifs is 1. The summed E-state index contributed by atoms with van der Waals surface area (Å²) in [5.74, 6) is 0.322. The van der Waals surface area contributed by atoms with E-state index in [-0.39, 0.29) is 11.4 Å². The zero-order valence-electron chi connectivity index (χ0n) is 12.9. The average molecular weight is 331 g/mol. The Morgan fingerprint density at radius 3 is 2.87 bits per heavy atom. The van der Waals surface area contributed by atoms with Crippen LogP contribution in [0.2, 0.25) is 0 Å². The van der Waals surface area contributed by atoms with Crippen molar-refractivity contribution in [1.82, 2.24) is 14.3 Å². The molecule has 2 heterocycles. The second-order valence-electron chi connectivity index (χ2n) is 5.18. The number of methoxy groups -OCH3 is 1. The van der Waals surface area contributed by atoms with Gasteiger partial charge in [0, 0.05) is 18.3 Å². The molecule has 2 aromatic heterocycles. The third kappa shape index (κ3) is 3.06. The number of benzene rings is 1. The van der Waals surface area contributed by atoms with Gasteiger partial charge in [-0.25, -0.2) is 17.7 Å². The van der Waals surface area contributed by atoms with Crippen LogP contribution in [-0.2, 0) is 16.6 Å². The Balaban J connectivity index is 1.89. The van der Waals surface area contributed by atoms with Crippen molar-refractivity contribution in [3.8, 4) is 5.75 Å². The van der Waals surface area contributed by atoms with Crippen LogP contribution in [0.4, 0.5) is 0 Å². The van der Waals surface area contributed by atoms with E-state index < -0.39 is 10.0 Å². The highest BCUT2D eigenvalue weighted by Crippen LogP contribution is 2.24. The smallest absolute Gasteiger partial charge is 0.244 e. The topological polar surface area (TPSA) is 72.7 Å². The first-order valence-corrected chi connectivity index (χ1v) is 8.55. The van der Waals surface area contributed by atoms with Gasteiger partial charge in [0.05, 0.1) is 18.8 Å². The van der Waals surface area contributed by atoms with Crippen LogP contribution in [0.3, 0.4) is 0 Å². The summed E-state index contributed by atoms with van der Waals surface area (Å²) in [6.45, 7) is 2.00. The molecule has 3 rings (SSSR count). The number of nitrogens with zero attached hydrogens (tertiary/aromatic N) is 2. The summed E-state index contributed by atoms with van der Waals surface area (Å²) in [7, 11) is -2.23. The molecule has 0 saturated heterocycles. The van der Waals surface area contributed by atoms with Gasteiger partial charge in [-0.15, -0.1) is 0 Å². The molecule has 0 unspecified atom stereocenters. The highest BCUT2D eigenvalue weighted by atomic mass is 32.2. The van der Waals surface area contributed by atoms with Crippen molar-refractivity contribution < 1.29 is 13.2 Å². The maximum atomic E-state index is 12.6. The Kier molecular flexibility index (Phi) is 4.06. The molecule has 7 heteroatoms. The molecule has 0 atom stereocenters. The molecule has 0 aliphatic rings. The van der Waals surface area contributed by atoms with Gasteiger partial charge in [0.1, 0.15) is 10.6 Å². The van der Waals surface area contributed by atoms with E-state index in [1.54, 1.807) is 22.8 Å². The fraction of sp³-hybridized carbons (Fsp3) is 0.188. The van der Waals surface area contributed by atoms with Crippen molar-refractivity contribution in [2.45, 2.75) is 18.4 Å². The fourth-order valence-electron chi connectivity index (χ4n) is 2.37. The van der Waals surface area contributed by atoms with Gasteiger partial charge in [-0.2, -0.15) is 5.10 Å². The number of aryl methyl sites for hydroxylation is 1. The van der Waals surface area contributed by atoms with Gasteiger partial charge in [-0.1, -0.05) is 12.1 Å². The highest BCUT2D eigenvalue weighted by Gasteiger charge is 2.20. The molecule has 0 fully saturated rings. The van der Waals surface area contributed by atoms with Crippen LogP contribution in [0, 0.1) is 6.92 Å². The Labute approximate surface area is 134 Å². The monoisotopic (exact) mass is 331 g/mol. The SMILES string of the molecule is COc1ccc(C)cc1S(=O)(=O)NCc1cnn2ccccc12. The number of nitrogens with one attached hydrogen (secondary N) is 1. The van der Waals surface area contributed by atoms with Crippen LogP contribution in [0.1, 0.15) is 11.1 Å². The van der Waals surface area contributed by atoms with Gasteiger partial charge in [0.15, 0.2) is 0 Å². The lowest BCUT2D eigenvalue weighted by atomic mass is 10.2. The molecule has 1 N–H and O–H groups in total. The fourth-order valence-corrected chi connectivity index (χ4v) is 3.63. The molecule has 0 aliphatic heterocycles. The minimum absolute atomic E-state index is 0.136. The third-order valence-corrected chi connectivity index (χ3v) is 4.99. The van der Waals surface area contributed by atoms with E-state index in [9.17, 15) is 8.42 Å². The molecule has 23 heavy (non-hydrogen) atoms. The zero-order chi connectivity index (χ0) is 16.4. The van der Waals surface area contributed by atoms with Crippen molar-refractivity contribution >= 4 is 15.5 Å². The van der Waals surface area contributed by atoms with E-state index >= 15 is 0 Å². The first-order chi connectivity index (χ1) is 11.0. The van der Waals surface area contributed by atoms with Gasteiger partial charge in [-0.3, -0.25) is 0 Å². The molecule has 0 bridgehead atoms. The van der Waals surface area contributed by atoms with Crippen LogP contribution < -0.4 is 9.46 Å². The van der Waals surface area contributed by atoms with Gasteiger partial charge in [0.2, 0.25) is 10.0 Å². The van der Waals surface area contributed by atoms with Crippen LogP contribution in [0.25, 0.3) is 5.52 Å². The number of rotatable bonds is 5. The Bertz CT molecular complexity index is 948. The first kappa shape index (κ1) is 15.5. The van der Waals surface area contributed by atoms with E-state index in [4.69, 9.17) is 4.74 Å². The molecule has 120 valence electrons. The molecule has 1 aromatic carbocycles. The standard InChI is InChI=1S/C16H17N3O3S/c1-12-6-7-15(22-2)16(9-12)23(20,21)18-11-13-10-17-19-8-4-3-5-14(13)19/h3-10,18H,11H2,1-2H3. The van der Waals surface area contributed by atoms with E-state index in [2.05, 4.69) is 9.82 Å². The average Bonchev–Trinajstić information content (AvgIpc) is 2.96. The van der Waals surface area contributed by atoms with Crippen LogP contribution >= 0.6 is 0 Å². The van der Waals surface area contributed by atoms with E-state index in [0.29, 0.717) is 5.75 Å². The number of sulfonamides is 1. The lowest BCUT2D eigenvalue weighted by molar-refractivity contribution is 0.402. The zero-order valence-corrected chi connectivity index (χ0v) is 13.7. The Morgan fingerprint density at radius 2 is 2.09 bits per heavy atom. The normalized spacial score (nSPS) is 11.7. The summed E-state index contributed by atoms with van der Waals surface area (Å²) >= 11 is 0. The molecular weight excluding hydrogens is 314 g/mol. The van der Waals surface area contributed by atoms with Crippen molar-refractivity contribution in [2.24, 2.45) is 0 Å².